The number of anilines is 1. The molecule has 2 heterocycles. The number of nitrogens with zero attached hydrogens (tertiary/aromatic N) is 1. The number of hydrogen-bond acceptors (Lipinski definition) is 6. The number of rotatable bonds is 6. The number of aromatic amines is 1. The van der Waals surface area contributed by atoms with Crippen LogP contribution in [0.15, 0.2) is 58.1 Å². The van der Waals surface area contributed by atoms with Crippen LogP contribution >= 0.6 is 11.8 Å². The fourth-order valence-corrected chi connectivity index (χ4v) is 4.02. The van der Waals surface area contributed by atoms with Gasteiger partial charge in [0.15, 0.2) is 5.16 Å². The second-order valence-electron chi connectivity index (χ2n) is 7.14. The van der Waals surface area contributed by atoms with Gasteiger partial charge in [-0.25, -0.2) is 9.78 Å². The SMILES string of the molecule is C=CCSc1nc2c(c(=O)[nH]1)[C@@H](c1ccc(C(C)C)cc1)C(C(=O)OC)=C(C)N2. The van der Waals surface area contributed by atoms with Gasteiger partial charge in [0.1, 0.15) is 5.82 Å². The lowest BCUT2D eigenvalue weighted by Gasteiger charge is -2.28. The van der Waals surface area contributed by atoms with Gasteiger partial charge in [-0.3, -0.25) is 4.79 Å². The molecule has 1 atom stereocenters. The molecule has 3 rings (SSSR count). The Morgan fingerprint density at radius 2 is 2.03 bits per heavy atom. The van der Waals surface area contributed by atoms with Crippen molar-refractivity contribution in [3.8, 4) is 0 Å². The summed E-state index contributed by atoms with van der Waals surface area (Å²) in [7, 11) is 1.34. The Hall–Kier alpha value is -2.80. The van der Waals surface area contributed by atoms with Gasteiger partial charge in [0.05, 0.1) is 24.2 Å². The molecule has 0 saturated heterocycles. The molecule has 0 spiro atoms. The van der Waals surface area contributed by atoms with Crippen LogP contribution < -0.4 is 10.9 Å². The van der Waals surface area contributed by atoms with Crippen LogP contribution in [-0.2, 0) is 9.53 Å². The number of methoxy groups -OCH3 is 1. The lowest BCUT2D eigenvalue weighted by atomic mass is 9.82. The van der Waals surface area contributed by atoms with E-state index in [9.17, 15) is 9.59 Å². The lowest BCUT2D eigenvalue weighted by Crippen LogP contribution is -2.31. The molecule has 0 amide bonds. The normalized spacial score (nSPS) is 15.7. The quantitative estimate of drug-likeness (QED) is 0.321. The highest BCUT2D eigenvalue weighted by Gasteiger charge is 2.36. The van der Waals surface area contributed by atoms with Gasteiger partial charge in [-0.1, -0.05) is 56.0 Å². The molecule has 0 unspecified atom stereocenters. The highest BCUT2D eigenvalue weighted by atomic mass is 32.2. The molecule has 6 nitrogen and oxygen atoms in total. The number of H-pyrrole nitrogens is 1. The van der Waals surface area contributed by atoms with Crippen molar-refractivity contribution < 1.29 is 9.53 Å². The summed E-state index contributed by atoms with van der Waals surface area (Å²) in [5, 5.41) is 3.62. The number of carbonyl (C=O) groups is 1. The highest BCUT2D eigenvalue weighted by Crippen LogP contribution is 2.40. The van der Waals surface area contributed by atoms with Gasteiger partial charge in [0.25, 0.3) is 5.56 Å². The van der Waals surface area contributed by atoms with Crippen LogP contribution in [0.4, 0.5) is 5.82 Å². The number of hydrogen-bond donors (Lipinski definition) is 2. The van der Waals surface area contributed by atoms with Crippen molar-refractivity contribution in [2.45, 2.75) is 37.8 Å². The minimum Gasteiger partial charge on any atom is -0.466 e. The second kappa shape index (κ2) is 8.69. The summed E-state index contributed by atoms with van der Waals surface area (Å²) in [6.45, 7) is 9.73. The molecular formula is C22H25N3O3S. The minimum absolute atomic E-state index is 0.277. The van der Waals surface area contributed by atoms with Gasteiger partial charge >= 0.3 is 5.97 Å². The lowest BCUT2D eigenvalue weighted by molar-refractivity contribution is -0.136. The van der Waals surface area contributed by atoms with Crippen molar-refractivity contribution in [1.82, 2.24) is 9.97 Å². The van der Waals surface area contributed by atoms with E-state index in [1.54, 1.807) is 13.0 Å². The van der Waals surface area contributed by atoms with E-state index in [4.69, 9.17) is 4.74 Å². The Morgan fingerprint density at radius 1 is 1.34 bits per heavy atom. The molecule has 0 bridgehead atoms. The van der Waals surface area contributed by atoms with E-state index >= 15 is 0 Å². The van der Waals surface area contributed by atoms with Gasteiger partial charge in [0, 0.05) is 11.4 Å². The molecule has 0 saturated carbocycles. The first-order chi connectivity index (χ1) is 13.9. The first-order valence-corrected chi connectivity index (χ1v) is 10.4. The van der Waals surface area contributed by atoms with Gasteiger partial charge in [-0.15, -0.1) is 6.58 Å². The number of allylic oxidation sites excluding steroid dienone is 1. The summed E-state index contributed by atoms with van der Waals surface area (Å²) in [5.41, 5.74) is 3.20. The molecule has 1 aromatic carbocycles. The van der Waals surface area contributed by atoms with E-state index in [0.29, 0.717) is 39.5 Å². The molecule has 2 aromatic rings. The number of nitrogens with one attached hydrogen (secondary N) is 2. The minimum atomic E-state index is -0.561. The third-order valence-electron chi connectivity index (χ3n) is 4.90. The molecule has 0 fully saturated rings. The maximum atomic E-state index is 13.0. The molecule has 152 valence electrons. The largest absolute Gasteiger partial charge is 0.466 e. The summed E-state index contributed by atoms with van der Waals surface area (Å²) < 4.78 is 5.02. The van der Waals surface area contributed by atoms with Gasteiger partial charge < -0.3 is 15.0 Å². The number of thioether (sulfide) groups is 1. The zero-order valence-corrected chi connectivity index (χ0v) is 17.9. The summed E-state index contributed by atoms with van der Waals surface area (Å²) in [6.07, 6.45) is 1.75. The topological polar surface area (TPSA) is 84.1 Å². The maximum absolute atomic E-state index is 13.0. The van der Waals surface area contributed by atoms with Crippen molar-refractivity contribution in [1.29, 1.82) is 0 Å². The maximum Gasteiger partial charge on any atom is 0.336 e. The predicted molar refractivity (Wildman–Crippen MR) is 116 cm³/mol. The number of esters is 1. The summed E-state index contributed by atoms with van der Waals surface area (Å²) in [6, 6.07) is 7.99. The van der Waals surface area contributed by atoms with Crippen LogP contribution in [-0.4, -0.2) is 28.8 Å². The first-order valence-electron chi connectivity index (χ1n) is 9.41. The molecule has 2 N–H and O–H groups in total. The molecule has 1 aliphatic rings. The van der Waals surface area contributed by atoms with Crippen molar-refractivity contribution in [3.63, 3.8) is 0 Å². The fourth-order valence-electron chi connectivity index (χ4n) is 3.42. The summed E-state index contributed by atoms with van der Waals surface area (Å²) in [4.78, 5) is 33.0. The van der Waals surface area contributed by atoms with Crippen LogP contribution in [0.25, 0.3) is 0 Å². The Balaban J connectivity index is 2.18. The van der Waals surface area contributed by atoms with E-state index in [1.165, 1.54) is 24.4 Å². The third kappa shape index (κ3) is 4.15. The van der Waals surface area contributed by atoms with Crippen LogP contribution in [0.3, 0.4) is 0 Å². The van der Waals surface area contributed by atoms with Crippen molar-refractivity contribution in [2.75, 3.05) is 18.2 Å². The fraction of sp³-hybridized carbons (Fsp3) is 0.318. The number of fused-ring (bicyclic) bond motifs is 1. The van der Waals surface area contributed by atoms with Gasteiger partial charge in [-0.2, -0.15) is 0 Å². The molecule has 1 aliphatic heterocycles. The van der Waals surface area contributed by atoms with Crippen LogP contribution in [0.5, 0.6) is 0 Å². The number of ether oxygens (including phenoxy) is 1. The zero-order valence-electron chi connectivity index (χ0n) is 17.0. The molecule has 1 aromatic heterocycles. The Kier molecular flexibility index (Phi) is 6.27. The number of carbonyl (C=O) groups excluding carboxylic acids is 1. The van der Waals surface area contributed by atoms with E-state index < -0.39 is 11.9 Å². The van der Waals surface area contributed by atoms with Crippen molar-refractivity contribution in [2.24, 2.45) is 0 Å². The van der Waals surface area contributed by atoms with E-state index in [-0.39, 0.29) is 5.56 Å². The Morgan fingerprint density at radius 3 is 2.62 bits per heavy atom. The van der Waals surface area contributed by atoms with Crippen LogP contribution in [0.1, 0.15) is 49.3 Å². The van der Waals surface area contributed by atoms with E-state index in [1.807, 2.05) is 24.3 Å². The van der Waals surface area contributed by atoms with Crippen LogP contribution in [0.2, 0.25) is 0 Å². The standard InChI is InChI=1S/C22H25N3O3S/c1-6-11-29-22-24-19-18(20(26)25-22)17(16(13(4)23-19)21(27)28-5)15-9-7-14(8-10-15)12(2)3/h6-10,12,17H,1,11H2,2-5H3,(H2,23,24,25,26)/t17-/m0/s1. The van der Waals surface area contributed by atoms with E-state index in [2.05, 4.69) is 35.7 Å². The Bertz CT molecular complexity index is 1020. The van der Waals surface area contributed by atoms with Gasteiger partial charge in [-0.05, 0) is 24.0 Å². The number of benzene rings is 1. The van der Waals surface area contributed by atoms with Crippen LogP contribution in [0, 0.1) is 0 Å². The van der Waals surface area contributed by atoms with Crippen molar-refractivity contribution in [3.05, 3.63) is 75.2 Å². The summed E-state index contributed by atoms with van der Waals surface area (Å²) >= 11 is 1.39. The summed E-state index contributed by atoms with van der Waals surface area (Å²) in [5.74, 6) is 0.446. The van der Waals surface area contributed by atoms with Crippen molar-refractivity contribution >= 4 is 23.5 Å². The monoisotopic (exact) mass is 411 g/mol. The molecule has 29 heavy (non-hydrogen) atoms. The molecule has 0 aliphatic carbocycles. The third-order valence-corrected chi connectivity index (χ3v) is 5.77. The van der Waals surface area contributed by atoms with Gasteiger partial charge in [0.2, 0.25) is 0 Å². The highest BCUT2D eigenvalue weighted by molar-refractivity contribution is 7.99. The average molecular weight is 412 g/mol. The van der Waals surface area contributed by atoms with E-state index in [0.717, 1.165) is 5.56 Å². The molecular weight excluding hydrogens is 386 g/mol. The molecule has 7 heteroatoms. The second-order valence-corrected chi connectivity index (χ2v) is 8.15. The smallest absolute Gasteiger partial charge is 0.336 e. The predicted octanol–water partition coefficient (Wildman–Crippen LogP) is 4.18. The first kappa shape index (κ1) is 20.9. The Labute approximate surface area is 174 Å². The average Bonchev–Trinajstić information content (AvgIpc) is 2.70. The number of aromatic nitrogens is 2. The molecule has 0 radical (unpaired) electrons. The zero-order chi connectivity index (χ0) is 21.1.